The molecule has 0 aliphatic carbocycles. The molecule has 1 atom stereocenters. The summed E-state index contributed by atoms with van der Waals surface area (Å²) >= 11 is 5.66. The normalized spacial score (nSPS) is 20.8. The predicted molar refractivity (Wildman–Crippen MR) is 154 cm³/mol. The maximum atomic E-state index is 5.66. The van der Waals surface area contributed by atoms with E-state index in [9.17, 15) is 0 Å². The molecule has 3 saturated heterocycles. The topological polar surface area (TPSA) is 59.6 Å². The first-order valence-corrected chi connectivity index (χ1v) is 14.4. The van der Waals surface area contributed by atoms with Crippen molar-refractivity contribution in [3.63, 3.8) is 0 Å². The van der Waals surface area contributed by atoms with Crippen LogP contribution in [-0.2, 0) is 6.54 Å². The maximum Gasteiger partial charge on any atom is 0.232 e. The van der Waals surface area contributed by atoms with E-state index in [1.807, 2.05) is 0 Å². The first kappa shape index (κ1) is 25.1. The summed E-state index contributed by atoms with van der Waals surface area (Å²) in [7, 11) is 0. The SMILES string of the molecule is C[C@@H]1CCCCN1c1cc(N2CCCCCC2)nc(NC(=S)NCc2ccc(N3CCCC3)cc2)n1. The van der Waals surface area contributed by atoms with Gasteiger partial charge in [-0.05, 0) is 81.8 Å². The van der Waals surface area contributed by atoms with Crippen molar-refractivity contribution in [1.82, 2.24) is 15.3 Å². The van der Waals surface area contributed by atoms with Gasteiger partial charge in [-0.1, -0.05) is 25.0 Å². The number of anilines is 4. The fourth-order valence-electron chi connectivity index (χ4n) is 5.65. The van der Waals surface area contributed by atoms with E-state index < -0.39 is 0 Å². The van der Waals surface area contributed by atoms with Crippen molar-refractivity contribution in [2.75, 3.05) is 52.7 Å². The van der Waals surface area contributed by atoms with Gasteiger partial charge in [0.25, 0.3) is 0 Å². The Kier molecular flexibility index (Phi) is 8.41. The molecule has 0 unspecified atom stereocenters. The average Bonchev–Trinajstić information content (AvgIpc) is 3.30. The molecule has 0 amide bonds. The standard InChI is InChI=1S/C28H41N7S/c1-22-10-4-7-19-35(22)26-20-25(34-17-5-2-3-6-18-34)30-27(31-26)32-28(36)29-21-23-11-13-24(14-12-23)33-15-8-9-16-33/h11-14,20,22H,2-10,15-19,21H2,1H3,(H2,29,30,31,32,36)/t22-/m1/s1. The van der Waals surface area contributed by atoms with Crippen molar-refractivity contribution in [1.29, 1.82) is 0 Å². The monoisotopic (exact) mass is 507 g/mol. The highest BCUT2D eigenvalue weighted by Crippen LogP contribution is 2.28. The summed E-state index contributed by atoms with van der Waals surface area (Å²) in [6.07, 6.45) is 11.4. The number of aromatic nitrogens is 2. The first-order chi connectivity index (χ1) is 17.7. The van der Waals surface area contributed by atoms with E-state index in [4.69, 9.17) is 22.2 Å². The van der Waals surface area contributed by atoms with Gasteiger partial charge in [0, 0.05) is 57.1 Å². The Labute approximate surface area is 221 Å². The Morgan fingerprint density at radius 2 is 1.47 bits per heavy atom. The Morgan fingerprint density at radius 3 is 2.19 bits per heavy atom. The van der Waals surface area contributed by atoms with E-state index in [1.165, 1.54) is 82.1 Å². The van der Waals surface area contributed by atoms with Crippen LogP contribution < -0.4 is 25.3 Å². The van der Waals surface area contributed by atoms with Gasteiger partial charge in [0.1, 0.15) is 11.6 Å². The molecule has 194 valence electrons. The molecule has 1 aromatic carbocycles. The molecule has 3 aliphatic rings. The zero-order valence-electron chi connectivity index (χ0n) is 21.7. The van der Waals surface area contributed by atoms with Gasteiger partial charge < -0.3 is 25.3 Å². The molecule has 2 N–H and O–H groups in total. The first-order valence-electron chi connectivity index (χ1n) is 14.0. The van der Waals surface area contributed by atoms with E-state index in [1.54, 1.807) is 0 Å². The number of hydrogen-bond acceptors (Lipinski definition) is 6. The van der Waals surface area contributed by atoms with Crippen molar-refractivity contribution < 1.29 is 0 Å². The maximum absolute atomic E-state index is 5.66. The van der Waals surface area contributed by atoms with E-state index in [0.717, 1.165) is 31.3 Å². The zero-order valence-corrected chi connectivity index (χ0v) is 22.5. The lowest BCUT2D eigenvalue weighted by molar-refractivity contribution is 0.481. The zero-order chi connectivity index (χ0) is 24.7. The lowest BCUT2D eigenvalue weighted by Gasteiger charge is -2.35. The van der Waals surface area contributed by atoms with Crippen LogP contribution in [0.1, 0.15) is 70.3 Å². The van der Waals surface area contributed by atoms with E-state index in [2.05, 4.69) is 62.6 Å². The number of nitrogens with zero attached hydrogens (tertiary/aromatic N) is 5. The van der Waals surface area contributed by atoms with Crippen molar-refractivity contribution >= 4 is 40.6 Å². The number of nitrogens with one attached hydrogen (secondary N) is 2. The summed E-state index contributed by atoms with van der Waals surface area (Å²) in [6.45, 7) is 8.48. The molecule has 5 rings (SSSR count). The fourth-order valence-corrected chi connectivity index (χ4v) is 5.82. The van der Waals surface area contributed by atoms with Gasteiger partial charge in [0.2, 0.25) is 5.95 Å². The molecular weight excluding hydrogens is 466 g/mol. The molecule has 36 heavy (non-hydrogen) atoms. The van der Waals surface area contributed by atoms with E-state index >= 15 is 0 Å². The van der Waals surface area contributed by atoms with Crippen LogP contribution in [0.2, 0.25) is 0 Å². The summed E-state index contributed by atoms with van der Waals surface area (Å²) in [5.74, 6) is 2.62. The second-order valence-electron chi connectivity index (χ2n) is 10.5. The summed E-state index contributed by atoms with van der Waals surface area (Å²) in [4.78, 5) is 17.2. The molecule has 4 heterocycles. The Morgan fingerprint density at radius 1 is 0.833 bits per heavy atom. The third kappa shape index (κ3) is 6.38. The van der Waals surface area contributed by atoms with Gasteiger partial charge >= 0.3 is 0 Å². The van der Waals surface area contributed by atoms with Crippen LogP contribution in [0.15, 0.2) is 30.3 Å². The highest BCUT2D eigenvalue weighted by molar-refractivity contribution is 7.80. The summed E-state index contributed by atoms with van der Waals surface area (Å²) in [5.41, 5.74) is 2.53. The van der Waals surface area contributed by atoms with E-state index in [0.29, 0.717) is 23.6 Å². The number of hydrogen-bond donors (Lipinski definition) is 2. The summed E-state index contributed by atoms with van der Waals surface area (Å²) < 4.78 is 0. The van der Waals surface area contributed by atoms with Gasteiger partial charge in [-0.2, -0.15) is 9.97 Å². The lowest BCUT2D eigenvalue weighted by Crippen LogP contribution is -2.38. The van der Waals surface area contributed by atoms with Gasteiger partial charge in [-0.3, -0.25) is 0 Å². The summed E-state index contributed by atoms with van der Waals surface area (Å²) in [5, 5.41) is 7.21. The molecule has 7 nitrogen and oxygen atoms in total. The highest BCUT2D eigenvalue weighted by Gasteiger charge is 2.23. The highest BCUT2D eigenvalue weighted by atomic mass is 32.1. The molecule has 8 heteroatoms. The number of benzene rings is 1. The Hall–Kier alpha value is -2.61. The predicted octanol–water partition coefficient (Wildman–Crippen LogP) is 5.32. The average molecular weight is 508 g/mol. The molecular formula is C28H41N7S. The number of thiocarbonyl (C=S) groups is 1. The molecule has 3 fully saturated rings. The molecule has 1 aromatic heterocycles. The van der Waals surface area contributed by atoms with Crippen molar-refractivity contribution in [2.45, 2.75) is 77.3 Å². The molecule has 2 aromatic rings. The van der Waals surface area contributed by atoms with Crippen LogP contribution >= 0.6 is 12.2 Å². The molecule has 0 bridgehead atoms. The largest absolute Gasteiger partial charge is 0.372 e. The quantitative estimate of drug-likeness (QED) is 0.510. The lowest BCUT2D eigenvalue weighted by atomic mass is 10.0. The third-order valence-corrected chi connectivity index (χ3v) is 8.06. The molecule has 0 spiro atoms. The van der Waals surface area contributed by atoms with Gasteiger partial charge in [-0.15, -0.1) is 0 Å². The minimum Gasteiger partial charge on any atom is -0.372 e. The third-order valence-electron chi connectivity index (χ3n) is 7.81. The minimum atomic E-state index is 0.493. The second kappa shape index (κ2) is 12.1. The fraction of sp³-hybridized carbons (Fsp3) is 0.607. The molecule has 0 radical (unpaired) electrons. The van der Waals surface area contributed by atoms with Crippen molar-refractivity contribution in [3.8, 4) is 0 Å². The van der Waals surface area contributed by atoms with Crippen LogP contribution in [-0.4, -0.2) is 53.8 Å². The van der Waals surface area contributed by atoms with Gasteiger partial charge in [0.05, 0.1) is 0 Å². The van der Waals surface area contributed by atoms with Crippen molar-refractivity contribution in [2.24, 2.45) is 0 Å². The van der Waals surface area contributed by atoms with Crippen LogP contribution in [0, 0.1) is 0 Å². The van der Waals surface area contributed by atoms with Crippen LogP contribution in [0.25, 0.3) is 0 Å². The summed E-state index contributed by atoms with van der Waals surface area (Å²) in [6, 6.07) is 11.5. The van der Waals surface area contributed by atoms with Crippen LogP contribution in [0.3, 0.4) is 0 Å². The molecule has 3 aliphatic heterocycles. The van der Waals surface area contributed by atoms with Gasteiger partial charge in [0.15, 0.2) is 5.11 Å². The van der Waals surface area contributed by atoms with E-state index in [-0.39, 0.29) is 0 Å². The molecule has 0 saturated carbocycles. The van der Waals surface area contributed by atoms with Crippen molar-refractivity contribution in [3.05, 3.63) is 35.9 Å². The number of piperidine rings is 1. The van der Waals surface area contributed by atoms with Gasteiger partial charge in [-0.25, -0.2) is 0 Å². The Bertz CT molecular complexity index is 997. The van der Waals surface area contributed by atoms with Crippen LogP contribution in [0.4, 0.5) is 23.3 Å². The minimum absolute atomic E-state index is 0.493. The second-order valence-corrected chi connectivity index (χ2v) is 10.9. The Balaban J connectivity index is 1.26. The smallest absolute Gasteiger partial charge is 0.232 e. The number of rotatable bonds is 6. The van der Waals surface area contributed by atoms with Crippen LogP contribution in [0.5, 0.6) is 0 Å².